The van der Waals surface area contributed by atoms with Crippen molar-refractivity contribution in [2.75, 3.05) is 26.0 Å². The highest BCUT2D eigenvalue weighted by atomic mass is 19.1. The van der Waals surface area contributed by atoms with E-state index < -0.39 is 5.34 Å². The summed E-state index contributed by atoms with van der Waals surface area (Å²) in [7, 11) is 7.89. The molecule has 3 heterocycles. The molecule has 0 spiro atoms. The lowest BCUT2D eigenvalue weighted by Crippen LogP contribution is -2.39. The van der Waals surface area contributed by atoms with E-state index in [-0.39, 0.29) is 11.5 Å². The zero-order valence-electron chi connectivity index (χ0n) is 20.3. The highest BCUT2D eigenvalue weighted by Gasteiger charge is 2.32. The van der Waals surface area contributed by atoms with Gasteiger partial charge in [0.1, 0.15) is 33.3 Å². The molecule has 0 aliphatic carbocycles. The number of rotatable bonds is 6. The van der Waals surface area contributed by atoms with E-state index in [1.165, 1.54) is 11.6 Å². The Hall–Kier alpha value is -3.83. The maximum Gasteiger partial charge on any atom is 0.208 e. The van der Waals surface area contributed by atoms with Crippen LogP contribution >= 0.6 is 0 Å². The quantitative estimate of drug-likeness (QED) is 0.438. The smallest absolute Gasteiger partial charge is 0.208 e. The number of anilines is 1. The first-order valence-corrected chi connectivity index (χ1v) is 11.5. The van der Waals surface area contributed by atoms with Crippen LogP contribution in [0.15, 0.2) is 48.8 Å². The van der Waals surface area contributed by atoms with Crippen LogP contribution in [0.3, 0.4) is 0 Å². The summed E-state index contributed by atoms with van der Waals surface area (Å²) in [6, 6.07) is 13.5. The molecule has 1 N–H and O–H groups in total. The van der Waals surface area contributed by atoms with E-state index in [1.54, 1.807) is 22.9 Å². The average molecular weight is 466 g/mol. The number of hydrogen-bond acceptors (Lipinski definition) is 6. The molecule has 0 amide bonds. The molecule has 0 saturated heterocycles. The number of nitrogens with zero attached hydrogens (tertiary/aromatic N) is 5. The third kappa shape index (κ3) is 4.24. The van der Waals surface area contributed by atoms with Gasteiger partial charge < -0.3 is 15.0 Å². The Balaban J connectivity index is 1.56. The van der Waals surface area contributed by atoms with Gasteiger partial charge in [0.15, 0.2) is 11.3 Å². The highest BCUT2D eigenvalue weighted by Crippen LogP contribution is 2.36. The predicted molar refractivity (Wildman–Crippen MR) is 139 cm³/mol. The molecule has 2 aromatic carbocycles. The standard InChI is InChI=1S/C25H25B2FN6O/c1-33(2)13-15-3-5-16(6-4-15)19-12-30-24(34-14-17(11-29)31-23(19)34)32-25(26,27)22-18-9-10-35-21(18)8-7-20(22)28/h3-8,12,14H,9-10,13,26-27H2,1-2H3,(H,30,32). The molecule has 0 unspecified atom stereocenters. The molecule has 0 radical (unpaired) electrons. The third-order valence-electron chi connectivity index (χ3n) is 6.25. The Kier molecular flexibility index (Phi) is 5.73. The van der Waals surface area contributed by atoms with Crippen molar-refractivity contribution in [2.24, 2.45) is 0 Å². The number of benzene rings is 2. The minimum Gasteiger partial charge on any atom is -0.493 e. The molecular weight excluding hydrogens is 441 g/mol. The van der Waals surface area contributed by atoms with E-state index in [2.05, 4.69) is 38.4 Å². The fourth-order valence-corrected chi connectivity index (χ4v) is 4.75. The van der Waals surface area contributed by atoms with Crippen LogP contribution in [-0.4, -0.2) is 55.7 Å². The molecule has 1 aliphatic heterocycles. The maximum atomic E-state index is 15.0. The molecule has 5 rings (SSSR count). The van der Waals surface area contributed by atoms with Crippen LogP contribution in [0.4, 0.5) is 10.3 Å². The van der Waals surface area contributed by atoms with Gasteiger partial charge in [-0.15, -0.1) is 0 Å². The molecule has 35 heavy (non-hydrogen) atoms. The molecule has 10 heteroatoms. The van der Waals surface area contributed by atoms with Gasteiger partial charge in [0.05, 0.1) is 12.8 Å². The number of nitriles is 1. The molecular formula is C25H25B2FN6O. The summed E-state index contributed by atoms with van der Waals surface area (Å²) in [5.41, 5.74) is 5.29. The monoisotopic (exact) mass is 466 g/mol. The van der Waals surface area contributed by atoms with Gasteiger partial charge in [-0.1, -0.05) is 24.3 Å². The van der Waals surface area contributed by atoms with Gasteiger partial charge in [-0.3, -0.25) is 4.40 Å². The van der Waals surface area contributed by atoms with Crippen LogP contribution in [0.5, 0.6) is 5.75 Å². The topological polar surface area (TPSA) is 78.5 Å². The lowest BCUT2D eigenvalue weighted by molar-refractivity contribution is 0.356. The Morgan fingerprint density at radius 3 is 2.71 bits per heavy atom. The molecule has 0 bridgehead atoms. The molecule has 4 aromatic rings. The molecule has 174 valence electrons. The van der Waals surface area contributed by atoms with E-state index >= 15 is 4.39 Å². The number of halogens is 1. The van der Waals surface area contributed by atoms with Crippen LogP contribution in [0.1, 0.15) is 22.4 Å². The van der Waals surface area contributed by atoms with Gasteiger partial charge in [-0.2, -0.15) is 5.26 Å². The molecule has 0 saturated carbocycles. The fourth-order valence-electron chi connectivity index (χ4n) is 4.75. The minimum absolute atomic E-state index is 0.282. The SMILES string of the molecule is BC(B)(Nc1ncc(-c2ccc(CN(C)C)cc2)c2nc(C#N)cn12)c1c(F)ccc2c1CCO2. The number of aromatic nitrogens is 3. The zero-order valence-corrected chi connectivity index (χ0v) is 20.3. The first-order chi connectivity index (χ1) is 16.8. The van der Waals surface area contributed by atoms with E-state index in [0.29, 0.717) is 30.2 Å². The Bertz CT molecular complexity index is 1460. The van der Waals surface area contributed by atoms with E-state index in [9.17, 15) is 5.26 Å². The summed E-state index contributed by atoms with van der Waals surface area (Å²) < 4.78 is 22.5. The van der Waals surface area contributed by atoms with Crippen molar-refractivity contribution in [2.45, 2.75) is 18.3 Å². The number of fused-ring (bicyclic) bond motifs is 2. The number of imidazole rings is 1. The van der Waals surface area contributed by atoms with Crippen LogP contribution in [0.25, 0.3) is 16.8 Å². The highest BCUT2D eigenvalue weighted by molar-refractivity contribution is 6.41. The van der Waals surface area contributed by atoms with Crippen LogP contribution in [0.2, 0.25) is 0 Å². The van der Waals surface area contributed by atoms with Gasteiger partial charge in [0.25, 0.3) is 0 Å². The first-order valence-electron chi connectivity index (χ1n) is 11.5. The van der Waals surface area contributed by atoms with Crippen LogP contribution in [0, 0.1) is 17.1 Å². The van der Waals surface area contributed by atoms with Crippen LogP contribution < -0.4 is 10.1 Å². The molecule has 0 fully saturated rings. The lowest BCUT2D eigenvalue weighted by atomic mass is 9.57. The summed E-state index contributed by atoms with van der Waals surface area (Å²) in [5, 5.41) is 12.1. The summed E-state index contributed by atoms with van der Waals surface area (Å²) in [6.45, 7) is 1.39. The summed E-state index contributed by atoms with van der Waals surface area (Å²) in [6.07, 6.45) is 4.06. The molecule has 0 atom stereocenters. The lowest BCUT2D eigenvalue weighted by Gasteiger charge is -2.30. The summed E-state index contributed by atoms with van der Waals surface area (Å²) >= 11 is 0. The van der Waals surface area contributed by atoms with Gasteiger partial charge in [0.2, 0.25) is 5.95 Å². The zero-order chi connectivity index (χ0) is 24.7. The second-order valence-electron chi connectivity index (χ2n) is 9.61. The Labute approximate surface area is 205 Å². The third-order valence-corrected chi connectivity index (χ3v) is 6.25. The molecule has 1 aliphatic rings. The second-order valence-corrected chi connectivity index (χ2v) is 9.61. The van der Waals surface area contributed by atoms with Crippen molar-refractivity contribution < 1.29 is 9.13 Å². The summed E-state index contributed by atoms with van der Waals surface area (Å²) in [4.78, 5) is 11.3. The maximum absolute atomic E-state index is 15.0. The minimum atomic E-state index is -0.796. The van der Waals surface area contributed by atoms with Gasteiger partial charge >= 0.3 is 0 Å². The fraction of sp³-hybridized carbons (Fsp3) is 0.240. The van der Waals surface area contributed by atoms with Gasteiger partial charge in [-0.25, -0.2) is 14.4 Å². The van der Waals surface area contributed by atoms with E-state index in [1.807, 2.05) is 41.9 Å². The molecule has 7 nitrogen and oxygen atoms in total. The normalized spacial score (nSPS) is 13.0. The Morgan fingerprint density at radius 1 is 1.23 bits per heavy atom. The van der Waals surface area contributed by atoms with E-state index in [4.69, 9.17) is 4.74 Å². The van der Waals surface area contributed by atoms with Gasteiger partial charge in [-0.05, 0) is 37.4 Å². The van der Waals surface area contributed by atoms with Crippen molar-refractivity contribution in [3.63, 3.8) is 0 Å². The first kappa shape index (κ1) is 22.9. The average Bonchev–Trinajstić information content (AvgIpc) is 3.46. The number of hydrogen-bond donors (Lipinski definition) is 1. The van der Waals surface area contributed by atoms with E-state index in [0.717, 1.165) is 29.0 Å². The number of ether oxygens (including phenoxy) is 1. The largest absolute Gasteiger partial charge is 0.493 e. The van der Waals surface area contributed by atoms with Crippen molar-refractivity contribution in [3.05, 3.63) is 77.0 Å². The van der Waals surface area contributed by atoms with Crippen molar-refractivity contribution in [1.29, 1.82) is 5.26 Å². The predicted octanol–water partition coefficient (Wildman–Crippen LogP) is 1.89. The van der Waals surface area contributed by atoms with Crippen LogP contribution in [-0.2, 0) is 18.3 Å². The summed E-state index contributed by atoms with van der Waals surface area (Å²) in [5.74, 6) is 0.903. The second kappa shape index (κ2) is 8.75. The van der Waals surface area contributed by atoms with Crippen molar-refractivity contribution in [1.82, 2.24) is 19.3 Å². The van der Waals surface area contributed by atoms with Gasteiger partial charge in [0, 0.05) is 41.2 Å². The Morgan fingerprint density at radius 2 is 2.00 bits per heavy atom. The van der Waals surface area contributed by atoms with Crippen molar-refractivity contribution >= 4 is 27.3 Å². The number of nitrogens with one attached hydrogen (secondary N) is 1. The van der Waals surface area contributed by atoms with Crippen molar-refractivity contribution in [3.8, 4) is 22.9 Å². The molecule has 2 aromatic heterocycles.